The summed E-state index contributed by atoms with van der Waals surface area (Å²) in [4.78, 5) is 14.7. The monoisotopic (exact) mass is 381 g/mol. The van der Waals surface area contributed by atoms with Crippen LogP contribution in [0.2, 0.25) is 5.02 Å². The van der Waals surface area contributed by atoms with E-state index < -0.39 is 0 Å². The number of nitrogens with one attached hydrogen (secondary N) is 1. The third kappa shape index (κ3) is 3.69. The Balaban J connectivity index is 1.46. The Morgan fingerprint density at radius 2 is 2.04 bits per heavy atom. The highest BCUT2D eigenvalue weighted by atomic mass is 35.5. The molecule has 0 radical (unpaired) electrons. The van der Waals surface area contributed by atoms with Crippen molar-refractivity contribution in [3.8, 4) is 17.0 Å². The fraction of sp³-hybridized carbons (Fsp3) is 0.238. The number of likely N-dealkylation sites (tertiary alicyclic amines) is 1. The molecule has 2 aromatic carbocycles. The van der Waals surface area contributed by atoms with E-state index in [2.05, 4.69) is 22.3 Å². The quantitative estimate of drug-likeness (QED) is 0.730. The van der Waals surface area contributed by atoms with Crippen molar-refractivity contribution in [1.82, 2.24) is 15.1 Å². The van der Waals surface area contributed by atoms with Gasteiger partial charge in [0.15, 0.2) is 0 Å². The van der Waals surface area contributed by atoms with Gasteiger partial charge in [-0.3, -0.25) is 9.89 Å². The SMILES string of the molecule is COc1ccc(C2CCN(C(=O)c3cc(-c4cccc(Cl)c4)n[nH]3)C2)cc1. The minimum Gasteiger partial charge on any atom is -0.497 e. The maximum Gasteiger partial charge on any atom is 0.271 e. The number of halogens is 1. The molecule has 0 aliphatic carbocycles. The maximum absolute atomic E-state index is 12.8. The maximum atomic E-state index is 12.8. The predicted octanol–water partition coefficient (Wildman–Crippen LogP) is 4.37. The number of rotatable bonds is 4. The van der Waals surface area contributed by atoms with Gasteiger partial charge in [-0.15, -0.1) is 0 Å². The molecule has 1 aromatic heterocycles. The summed E-state index contributed by atoms with van der Waals surface area (Å²) in [5.74, 6) is 1.16. The first kappa shape index (κ1) is 17.6. The fourth-order valence-corrected chi connectivity index (χ4v) is 3.68. The Morgan fingerprint density at radius 1 is 1.22 bits per heavy atom. The molecule has 0 bridgehead atoms. The lowest BCUT2D eigenvalue weighted by molar-refractivity contribution is 0.0785. The first-order valence-corrected chi connectivity index (χ1v) is 9.26. The molecule has 1 aliphatic rings. The molecule has 1 N–H and O–H groups in total. The van der Waals surface area contributed by atoms with Gasteiger partial charge in [-0.2, -0.15) is 5.10 Å². The second-order valence-corrected chi connectivity index (χ2v) is 7.12. The van der Waals surface area contributed by atoms with Gasteiger partial charge in [-0.05, 0) is 42.3 Å². The smallest absolute Gasteiger partial charge is 0.271 e. The lowest BCUT2D eigenvalue weighted by Crippen LogP contribution is -2.28. The number of hydrogen-bond donors (Lipinski definition) is 1. The van der Waals surface area contributed by atoms with Crippen LogP contribution in [0.4, 0.5) is 0 Å². The van der Waals surface area contributed by atoms with Crippen molar-refractivity contribution in [3.05, 3.63) is 70.9 Å². The molecule has 5 nitrogen and oxygen atoms in total. The zero-order valence-electron chi connectivity index (χ0n) is 15.0. The minimum atomic E-state index is -0.0215. The predicted molar refractivity (Wildman–Crippen MR) is 105 cm³/mol. The summed E-state index contributed by atoms with van der Waals surface area (Å²) >= 11 is 6.04. The van der Waals surface area contributed by atoms with E-state index in [0.717, 1.165) is 24.3 Å². The van der Waals surface area contributed by atoms with Crippen LogP contribution in [-0.4, -0.2) is 41.2 Å². The lowest BCUT2D eigenvalue weighted by Gasteiger charge is -2.15. The molecule has 1 atom stereocenters. The molecule has 0 spiro atoms. The molecule has 2 heterocycles. The van der Waals surface area contributed by atoms with E-state index in [1.54, 1.807) is 13.2 Å². The number of H-pyrrole nitrogens is 1. The lowest BCUT2D eigenvalue weighted by atomic mass is 9.98. The highest BCUT2D eigenvalue weighted by Gasteiger charge is 2.29. The molecule has 27 heavy (non-hydrogen) atoms. The summed E-state index contributed by atoms with van der Waals surface area (Å²) in [5, 5.41) is 7.78. The summed E-state index contributed by atoms with van der Waals surface area (Å²) in [6.07, 6.45) is 0.952. The van der Waals surface area contributed by atoms with E-state index in [1.807, 2.05) is 41.3 Å². The standard InChI is InChI=1S/C21H20ClN3O2/c1-27-18-7-5-14(6-8-18)16-9-10-25(13-16)21(26)20-12-19(23-24-20)15-3-2-4-17(22)11-15/h2-8,11-12,16H,9-10,13H2,1H3,(H,23,24). The van der Waals surface area contributed by atoms with Crippen molar-refractivity contribution in [2.24, 2.45) is 0 Å². The van der Waals surface area contributed by atoms with Crippen molar-refractivity contribution in [2.75, 3.05) is 20.2 Å². The average Bonchev–Trinajstić information content (AvgIpc) is 3.38. The van der Waals surface area contributed by atoms with Gasteiger partial charge in [-0.1, -0.05) is 35.9 Å². The number of methoxy groups -OCH3 is 1. The van der Waals surface area contributed by atoms with Crippen molar-refractivity contribution in [2.45, 2.75) is 12.3 Å². The van der Waals surface area contributed by atoms with Crippen LogP contribution in [0.1, 0.15) is 28.4 Å². The molecule has 1 aliphatic heterocycles. The van der Waals surface area contributed by atoms with Gasteiger partial charge in [-0.25, -0.2) is 0 Å². The molecular formula is C21H20ClN3O2. The number of benzene rings is 2. The Morgan fingerprint density at radius 3 is 2.78 bits per heavy atom. The van der Waals surface area contributed by atoms with Crippen molar-refractivity contribution in [3.63, 3.8) is 0 Å². The van der Waals surface area contributed by atoms with E-state index in [1.165, 1.54) is 5.56 Å². The van der Waals surface area contributed by atoms with E-state index in [4.69, 9.17) is 16.3 Å². The summed E-state index contributed by atoms with van der Waals surface area (Å²) in [6, 6.07) is 17.3. The Labute approximate surface area is 162 Å². The number of ether oxygens (including phenoxy) is 1. The molecule has 1 saturated heterocycles. The number of carbonyl (C=O) groups is 1. The second kappa shape index (κ2) is 7.45. The summed E-state index contributed by atoms with van der Waals surface area (Å²) in [7, 11) is 1.66. The van der Waals surface area contributed by atoms with Gasteiger partial charge in [0.25, 0.3) is 5.91 Å². The average molecular weight is 382 g/mol. The topological polar surface area (TPSA) is 58.2 Å². The largest absolute Gasteiger partial charge is 0.497 e. The molecule has 1 fully saturated rings. The number of aromatic amines is 1. The molecule has 6 heteroatoms. The Bertz CT molecular complexity index is 952. The first-order valence-electron chi connectivity index (χ1n) is 8.88. The van der Waals surface area contributed by atoms with Crippen LogP contribution < -0.4 is 4.74 Å². The number of nitrogens with zero attached hydrogens (tertiary/aromatic N) is 2. The highest BCUT2D eigenvalue weighted by Crippen LogP contribution is 2.29. The summed E-state index contributed by atoms with van der Waals surface area (Å²) in [6.45, 7) is 1.44. The molecule has 1 unspecified atom stereocenters. The third-order valence-electron chi connectivity index (χ3n) is 4.99. The van der Waals surface area contributed by atoms with Crippen LogP contribution in [0.3, 0.4) is 0 Å². The van der Waals surface area contributed by atoms with Crippen LogP contribution in [0.25, 0.3) is 11.3 Å². The van der Waals surface area contributed by atoms with Crippen LogP contribution in [0.5, 0.6) is 5.75 Å². The van der Waals surface area contributed by atoms with Gasteiger partial charge in [0.05, 0.1) is 12.8 Å². The second-order valence-electron chi connectivity index (χ2n) is 6.69. The zero-order chi connectivity index (χ0) is 18.8. The molecule has 3 aromatic rings. The molecular weight excluding hydrogens is 362 g/mol. The molecule has 4 rings (SSSR count). The van der Waals surface area contributed by atoms with Gasteiger partial charge in [0.1, 0.15) is 11.4 Å². The molecule has 138 valence electrons. The highest BCUT2D eigenvalue weighted by molar-refractivity contribution is 6.30. The number of aromatic nitrogens is 2. The number of amides is 1. The van der Waals surface area contributed by atoms with Crippen molar-refractivity contribution < 1.29 is 9.53 Å². The van der Waals surface area contributed by atoms with E-state index in [9.17, 15) is 4.79 Å². The van der Waals surface area contributed by atoms with Gasteiger partial charge in [0.2, 0.25) is 0 Å². The molecule has 0 saturated carbocycles. The van der Waals surface area contributed by atoms with Crippen LogP contribution >= 0.6 is 11.6 Å². The van der Waals surface area contributed by atoms with Crippen molar-refractivity contribution >= 4 is 17.5 Å². The Hall–Kier alpha value is -2.79. The van der Waals surface area contributed by atoms with E-state index in [0.29, 0.717) is 28.9 Å². The summed E-state index contributed by atoms with van der Waals surface area (Å²) in [5.41, 5.74) is 3.33. The van der Waals surface area contributed by atoms with Gasteiger partial charge < -0.3 is 9.64 Å². The Kier molecular flexibility index (Phi) is 4.86. The first-order chi connectivity index (χ1) is 13.1. The van der Waals surface area contributed by atoms with Gasteiger partial charge in [0, 0.05) is 29.6 Å². The van der Waals surface area contributed by atoms with Crippen LogP contribution in [0, 0.1) is 0 Å². The number of hydrogen-bond acceptors (Lipinski definition) is 3. The fourth-order valence-electron chi connectivity index (χ4n) is 3.49. The third-order valence-corrected chi connectivity index (χ3v) is 5.23. The van der Waals surface area contributed by atoms with E-state index in [-0.39, 0.29) is 5.91 Å². The van der Waals surface area contributed by atoms with E-state index >= 15 is 0 Å². The molecule has 1 amide bonds. The normalized spacial score (nSPS) is 16.5. The van der Waals surface area contributed by atoms with Crippen molar-refractivity contribution in [1.29, 1.82) is 0 Å². The van der Waals surface area contributed by atoms with Gasteiger partial charge >= 0.3 is 0 Å². The minimum absolute atomic E-state index is 0.0215. The number of carbonyl (C=O) groups excluding carboxylic acids is 1. The zero-order valence-corrected chi connectivity index (χ0v) is 15.7. The van der Waals surface area contributed by atoms with Crippen LogP contribution in [0.15, 0.2) is 54.6 Å². The van der Waals surface area contributed by atoms with Crippen LogP contribution in [-0.2, 0) is 0 Å². The summed E-state index contributed by atoms with van der Waals surface area (Å²) < 4.78 is 5.21.